The summed E-state index contributed by atoms with van der Waals surface area (Å²) in [7, 11) is 0. The van der Waals surface area contributed by atoms with Crippen molar-refractivity contribution in [2.45, 2.75) is 51.3 Å². The number of anilines is 1. The zero-order valence-corrected chi connectivity index (χ0v) is 22.8. The molecule has 1 saturated heterocycles. The first-order chi connectivity index (χ1) is 19.7. The Kier molecular flexibility index (Phi) is 9.56. The van der Waals surface area contributed by atoms with E-state index in [1.165, 1.54) is 11.0 Å². The SMILES string of the molecule is Cc1cc(=O)oc2cc(NC(=O)C(CCCN=C(N)N)NC(=O)C3CCCN3C(=O)OCc3ccccc3)ccc12. The monoisotopic (exact) mass is 562 g/mol. The number of carbonyl (C=O) groups excluding carboxylic acids is 3. The van der Waals surface area contributed by atoms with Crippen LogP contribution in [0.5, 0.6) is 0 Å². The zero-order chi connectivity index (χ0) is 29.4. The quantitative estimate of drug-likeness (QED) is 0.126. The molecule has 1 aliphatic rings. The molecule has 2 heterocycles. The number of nitrogens with two attached hydrogens (primary N) is 2. The summed E-state index contributed by atoms with van der Waals surface area (Å²) in [5.74, 6) is -1.01. The number of amides is 3. The highest BCUT2D eigenvalue weighted by Gasteiger charge is 2.36. The minimum absolute atomic E-state index is 0.0707. The molecule has 1 fully saturated rings. The number of rotatable bonds is 10. The molecule has 0 aliphatic carbocycles. The van der Waals surface area contributed by atoms with Crippen LogP contribution in [0.3, 0.4) is 0 Å². The van der Waals surface area contributed by atoms with Gasteiger partial charge in [-0.25, -0.2) is 9.59 Å². The van der Waals surface area contributed by atoms with Gasteiger partial charge in [0.25, 0.3) is 0 Å². The van der Waals surface area contributed by atoms with Gasteiger partial charge in [-0.1, -0.05) is 30.3 Å². The molecule has 2 unspecified atom stereocenters. The van der Waals surface area contributed by atoms with Crippen molar-refractivity contribution in [3.63, 3.8) is 0 Å². The summed E-state index contributed by atoms with van der Waals surface area (Å²) in [6, 6.07) is 13.9. The maximum absolute atomic E-state index is 13.3. The molecule has 6 N–H and O–H groups in total. The fourth-order valence-electron chi connectivity index (χ4n) is 4.73. The molecule has 0 radical (unpaired) electrons. The van der Waals surface area contributed by atoms with Crippen LogP contribution in [0, 0.1) is 6.92 Å². The summed E-state index contributed by atoms with van der Waals surface area (Å²) in [4.78, 5) is 56.6. The van der Waals surface area contributed by atoms with E-state index >= 15 is 0 Å². The Morgan fingerprint density at radius 1 is 1.15 bits per heavy atom. The van der Waals surface area contributed by atoms with Crippen LogP contribution in [-0.2, 0) is 20.9 Å². The minimum Gasteiger partial charge on any atom is -0.445 e. The van der Waals surface area contributed by atoms with E-state index in [1.54, 1.807) is 25.1 Å². The molecule has 216 valence electrons. The second-order valence-electron chi connectivity index (χ2n) is 9.85. The van der Waals surface area contributed by atoms with Gasteiger partial charge in [0.05, 0.1) is 0 Å². The van der Waals surface area contributed by atoms with Crippen molar-refractivity contribution >= 4 is 40.5 Å². The largest absolute Gasteiger partial charge is 0.445 e. The Balaban J connectivity index is 1.44. The van der Waals surface area contributed by atoms with Gasteiger partial charge in [0.1, 0.15) is 24.3 Å². The third-order valence-corrected chi connectivity index (χ3v) is 6.79. The zero-order valence-electron chi connectivity index (χ0n) is 22.8. The first-order valence-electron chi connectivity index (χ1n) is 13.4. The molecule has 0 bridgehead atoms. The summed E-state index contributed by atoms with van der Waals surface area (Å²) in [6.07, 6.45) is 1.13. The highest BCUT2D eigenvalue weighted by Crippen LogP contribution is 2.22. The van der Waals surface area contributed by atoms with Gasteiger partial charge in [-0.3, -0.25) is 19.5 Å². The second-order valence-corrected chi connectivity index (χ2v) is 9.85. The number of hydrogen-bond donors (Lipinski definition) is 4. The molecule has 1 aliphatic heterocycles. The number of ether oxygens (including phenoxy) is 1. The fraction of sp³-hybridized carbons (Fsp3) is 0.345. The maximum Gasteiger partial charge on any atom is 0.410 e. The molecule has 12 heteroatoms. The lowest BCUT2D eigenvalue weighted by molar-refractivity contribution is -0.129. The van der Waals surface area contributed by atoms with Crippen LogP contribution in [0.25, 0.3) is 11.0 Å². The van der Waals surface area contributed by atoms with Crippen LogP contribution in [-0.4, -0.2) is 53.9 Å². The van der Waals surface area contributed by atoms with Crippen LogP contribution in [0.1, 0.15) is 36.8 Å². The van der Waals surface area contributed by atoms with Crippen LogP contribution in [0.2, 0.25) is 0 Å². The number of nitrogens with one attached hydrogen (secondary N) is 2. The second kappa shape index (κ2) is 13.5. The van der Waals surface area contributed by atoms with Crippen molar-refractivity contribution in [3.05, 3.63) is 76.1 Å². The van der Waals surface area contributed by atoms with Crippen molar-refractivity contribution in [3.8, 4) is 0 Å². The molecule has 12 nitrogen and oxygen atoms in total. The van der Waals surface area contributed by atoms with Gasteiger partial charge in [0.2, 0.25) is 11.8 Å². The topological polar surface area (TPSA) is 182 Å². The summed E-state index contributed by atoms with van der Waals surface area (Å²) >= 11 is 0. The average Bonchev–Trinajstić information content (AvgIpc) is 3.44. The lowest BCUT2D eigenvalue weighted by Crippen LogP contribution is -2.52. The Morgan fingerprint density at radius 2 is 1.93 bits per heavy atom. The molecule has 0 spiro atoms. The van der Waals surface area contributed by atoms with Crippen LogP contribution >= 0.6 is 0 Å². The van der Waals surface area contributed by atoms with Crippen molar-refractivity contribution < 1.29 is 23.5 Å². The van der Waals surface area contributed by atoms with Gasteiger partial charge in [-0.05, 0) is 55.9 Å². The predicted octanol–water partition coefficient (Wildman–Crippen LogP) is 2.38. The smallest absolute Gasteiger partial charge is 0.410 e. The van der Waals surface area contributed by atoms with Crippen molar-refractivity contribution in [1.29, 1.82) is 0 Å². The van der Waals surface area contributed by atoms with E-state index in [9.17, 15) is 19.2 Å². The molecule has 2 atom stereocenters. The number of aryl methyl sites for hydroxylation is 1. The van der Waals surface area contributed by atoms with E-state index in [-0.39, 0.29) is 25.5 Å². The average molecular weight is 563 g/mol. The third kappa shape index (κ3) is 7.84. The van der Waals surface area contributed by atoms with E-state index in [4.69, 9.17) is 20.6 Å². The summed E-state index contributed by atoms with van der Waals surface area (Å²) < 4.78 is 10.7. The van der Waals surface area contributed by atoms with Crippen LogP contribution in [0.15, 0.2) is 68.8 Å². The summed E-state index contributed by atoms with van der Waals surface area (Å²) in [5.41, 5.74) is 12.6. The molecule has 2 aromatic carbocycles. The number of carbonyl (C=O) groups is 3. The molecule has 3 amide bonds. The molecular weight excluding hydrogens is 528 g/mol. The Bertz CT molecular complexity index is 1480. The normalized spacial score (nSPS) is 15.2. The Hall–Kier alpha value is -4.87. The van der Waals surface area contributed by atoms with Gasteiger partial charge >= 0.3 is 11.7 Å². The van der Waals surface area contributed by atoms with E-state index in [0.717, 1.165) is 16.5 Å². The van der Waals surface area contributed by atoms with E-state index in [0.29, 0.717) is 37.1 Å². The minimum atomic E-state index is -0.945. The predicted molar refractivity (Wildman–Crippen MR) is 154 cm³/mol. The van der Waals surface area contributed by atoms with Gasteiger partial charge in [-0.2, -0.15) is 0 Å². The van der Waals surface area contributed by atoms with E-state index < -0.39 is 35.6 Å². The van der Waals surface area contributed by atoms with Gasteiger partial charge in [0.15, 0.2) is 5.96 Å². The number of guanidine groups is 1. The van der Waals surface area contributed by atoms with Crippen molar-refractivity contribution in [2.24, 2.45) is 16.5 Å². The van der Waals surface area contributed by atoms with E-state index in [2.05, 4.69) is 15.6 Å². The van der Waals surface area contributed by atoms with Crippen LogP contribution in [0.4, 0.5) is 10.5 Å². The lowest BCUT2D eigenvalue weighted by Gasteiger charge is -2.26. The van der Waals surface area contributed by atoms with Gasteiger partial charge in [-0.15, -0.1) is 0 Å². The van der Waals surface area contributed by atoms with Gasteiger partial charge < -0.3 is 31.3 Å². The third-order valence-electron chi connectivity index (χ3n) is 6.79. The Morgan fingerprint density at radius 3 is 2.68 bits per heavy atom. The van der Waals surface area contributed by atoms with Gasteiger partial charge in [0, 0.05) is 36.3 Å². The fourth-order valence-corrected chi connectivity index (χ4v) is 4.73. The molecule has 3 aromatic rings. The number of hydrogen-bond acceptors (Lipinski definition) is 7. The first-order valence-corrected chi connectivity index (χ1v) is 13.4. The molecule has 41 heavy (non-hydrogen) atoms. The highest BCUT2D eigenvalue weighted by molar-refractivity contribution is 5.99. The van der Waals surface area contributed by atoms with E-state index in [1.807, 2.05) is 30.3 Å². The first kappa shape index (κ1) is 29.1. The highest BCUT2D eigenvalue weighted by atomic mass is 16.6. The summed E-state index contributed by atoms with van der Waals surface area (Å²) in [5, 5.41) is 6.32. The van der Waals surface area contributed by atoms with Crippen molar-refractivity contribution in [1.82, 2.24) is 10.2 Å². The lowest BCUT2D eigenvalue weighted by atomic mass is 10.1. The number of likely N-dealkylation sites (tertiary alicyclic amines) is 1. The molecule has 4 rings (SSSR count). The molecule has 1 aromatic heterocycles. The van der Waals surface area contributed by atoms with Crippen LogP contribution < -0.4 is 27.7 Å². The molecular formula is C29H34N6O6. The number of fused-ring (bicyclic) bond motifs is 1. The standard InChI is InChI=1S/C29H34N6O6/c1-18-15-25(36)41-24-16-20(11-12-21(18)24)33-26(37)22(9-5-13-32-28(30)31)34-27(38)23-10-6-14-35(23)29(39)40-17-19-7-3-2-4-8-19/h2-4,7-8,11-12,15-16,22-23H,5-6,9-10,13-14,17H2,1H3,(H,33,37)(H,34,38)(H4,30,31,32). The number of nitrogens with zero attached hydrogens (tertiary/aromatic N) is 2. The maximum atomic E-state index is 13.3. The number of benzene rings is 2. The van der Waals surface area contributed by atoms with Crippen molar-refractivity contribution in [2.75, 3.05) is 18.4 Å². The molecule has 0 saturated carbocycles. The Labute approximate surface area is 236 Å². The number of aliphatic imine (C=N–C) groups is 1. The summed E-state index contributed by atoms with van der Waals surface area (Å²) in [6.45, 7) is 2.52.